The van der Waals surface area contributed by atoms with Gasteiger partial charge in [-0.1, -0.05) is 11.3 Å². The predicted molar refractivity (Wildman–Crippen MR) is 76.5 cm³/mol. The van der Waals surface area contributed by atoms with Crippen LogP contribution in [0.4, 0.5) is 0 Å². The third-order valence-electron chi connectivity index (χ3n) is 3.29. The van der Waals surface area contributed by atoms with Crippen molar-refractivity contribution in [1.82, 2.24) is 19.7 Å². The molecule has 0 N–H and O–H groups in total. The second-order valence-corrected chi connectivity index (χ2v) is 5.62. The molecule has 1 aliphatic rings. The number of carbonyl (C=O) groups is 1. The lowest BCUT2D eigenvalue weighted by Gasteiger charge is -2.16. The van der Waals surface area contributed by atoms with Gasteiger partial charge in [0, 0.05) is 37.7 Å². The van der Waals surface area contributed by atoms with Crippen molar-refractivity contribution in [3.63, 3.8) is 0 Å². The molecule has 0 saturated carbocycles. The minimum absolute atomic E-state index is 0.0485. The highest BCUT2D eigenvalue weighted by Gasteiger charge is 2.29. The number of thiazole rings is 1. The standard InChI is InChI=1S/C13H14N4O3S/c1-16-11(18)3-2-10(15-16)12(19)17-6-4-9(8-17)20-13-14-5-7-21-13/h2-3,5,7,9H,4,6,8H2,1H3. The molecule has 0 aromatic carbocycles. The lowest BCUT2D eigenvalue weighted by molar-refractivity contribution is 0.0764. The zero-order valence-electron chi connectivity index (χ0n) is 11.4. The number of hydrogen-bond donors (Lipinski definition) is 0. The number of rotatable bonds is 3. The highest BCUT2D eigenvalue weighted by Crippen LogP contribution is 2.21. The number of ether oxygens (including phenoxy) is 1. The fraction of sp³-hybridized carbons (Fsp3) is 0.385. The summed E-state index contributed by atoms with van der Waals surface area (Å²) in [6.07, 6.45) is 2.40. The Morgan fingerprint density at radius 1 is 1.48 bits per heavy atom. The van der Waals surface area contributed by atoms with Gasteiger partial charge in [0.2, 0.25) is 0 Å². The number of nitrogens with zero attached hydrogens (tertiary/aromatic N) is 4. The fourth-order valence-electron chi connectivity index (χ4n) is 2.20. The first-order valence-electron chi connectivity index (χ1n) is 6.53. The van der Waals surface area contributed by atoms with E-state index in [1.807, 2.05) is 5.38 Å². The lowest BCUT2D eigenvalue weighted by Crippen LogP contribution is -2.33. The number of carbonyl (C=O) groups excluding carboxylic acids is 1. The first kappa shape index (κ1) is 13.7. The molecule has 1 atom stereocenters. The third-order valence-corrected chi connectivity index (χ3v) is 3.95. The monoisotopic (exact) mass is 306 g/mol. The summed E-state index contributed by atoms with van der Waals surface area (Å²) in [6, 6.07) is 2.81. The Bertz CT molecular complexity index is 698. The van der Waals surface area contributed by atoms with E-state index in [-0.39, 0.29) is 23.3 Å². The average molecular weight is 306 g/mol. The van der Waals surface area contributed by atoms with Gasteiger partial charge >= 0.3 is 0 Å². The van der Waals surface area contributed by atoms with Gasteiger partial charge in [-0.3, -0.25) is 9.59 Å². The first-order valence-corrected chi connectivity index (χ1v) is 7.41. The molecular formula is C13H14N4O3S. The van der Waals surface area contributed by atoms with Crippen LogP contribution in [0, 0.1) is 0 Å². The summed E-state index contributed by atoms with van der Waals surface area (Å²) in [7, 11) is 1.53. The van der Waals surface area contributed by atoms with Crippen LogP contribution in [0.2, 0.25) is 0 Å². The summed E-state index contributed by atoms with van der Waals surface area (Å²) in [6.45, 7) is 1.11. The maximum Gasteiger partial charge on any atom is 0.274 e. The van der Waals surface area contributed by atoms with Crippen LogP contribution in [0.15, 0.2) is 28.5 Å². The zero-order valence-corrected chi connectivity index (χ0v) is 12.2. The van der Waals surface area contributed by atoms with Crippen molar-refractivity contribution < 1.29 is 9.53 Å². The van der Waals surface area contributed by atoms with Crippen molar-refractivity contribution >= 4 is 17.2 Å². The van der Waals surface area contributed by atoms with Crippen molar-refractivity contribution in [2.75, 3.05) is 13.1 Å². The van der Waals surface area contributed by atoms with Crippen LogP contribution in [-0.4, -0.2) is 44.8 Å². The maximum atomic E-state index is 12.3. The molecule has 2 aromatic rings. The van der Waals surface area contributed by atoms with Gasteiger partial charge in [0.1, 0.15) is 11.8 Å². The minimum atomic E-state index is -0.238. The molecule has 1 aliphatic heterocycles. The number of aromatic nitrogens is 3. The summed E-state index contributed by atoms with van der Waals surface area (Å²) in [5.41, 5.74) is 0.0324. The van der Waals surface area contributed by atoms with Gasteiger partial charge < -0.3 is 9.64 Å². The molecule has 2 aromatic heterocycles. The van der Waals surface area contributed by atoms with Crippen LogP contribution in [0.3, 0.4) is 0 Å². The summed E-state index contributed by atoms with van der Waals surface area (Å²) in [5, 5.41) is 6.45. The van der Waals surface area contributed by atoms with Gasteiger partial charge in [-0.05, 0) is 6.07 Å². The number of amides is 1. The normalized spacial score (nSPS) is 18.0. The molecule has 1 amide bonds. The molecule has 8 heteroatoms. The minimum Gasteiger partial charge on any atom is -0.465 e. The van der Waals surface area contributed by atoms with E-state index >= 15 is 0 Å². The molecule has 3 heterocycles. The van der Waals surface area contributed by atoms with E-state index in [2.05, 4.69) is 10.1 Å². The summed E-state index contributed by atoms with van der Waals surface area (Å²) >= 11 is 1.43. The molecule has 110 valence electrons. The summed E-state index contributed by atoms with van der Waals surface area (Å²) in [5.74, 6) is -0.184. The Hall–Kier alpha value is -2.22. The Labute approximate surface area is 124 Å². The molecule has 1 unspecified atom stereocenters. The molecule has 0 aliphatic carbocycles. The van der Waals surface area contributed by atoms with Crippen molar-refractivity contribution in [2.45, 2.75) is 12.5 Å². The molecule has 3 rings (SSSR count). The van der Waals surface area contributed by atoms with Crippen LogP contribution in [-0.2, 0) is 7.05 Å². The number of aryl methyl sites for hydroxylation is 1. The molecule has 0 spiro atoms. The van der Waals surface area contributed by atoms with E-state index in [4.69, 9.17) is 4.74 Å². The Morgan fingerprint density at radius 3 is 3.05 bits per heavy atom. The van der Waals surface area contributed by atoms with Crippen LogP contribution >= 0.6 is 11.3 Å². The van der Waals surface area contributed by atoms with Crippen molar-refractivity contribution in [1.29, 1.82) is 0 Å². The second-order valence-electron chi connectivity index (χ2n) is 4.76. The van der Waals surface area contributed by atoms with E-state index in [1.54, 1.807) is 11.1 Å². The van der Waals surface area contributed by atoms with Crippen LogP contribution < -0.4 is 10.3 Å². The van der Waals surface area contributed by atoms with Crippen LogP contribution in [0.1, 0.15) is 16.9 Å². The summed E-state index contributed by atoms with van der Waals surface area (Å²) in [4.78, 5) is 29.4. The largest absolute Gasteiger partial charge is 0.465 e. The van der Waals surface area contributed by atoms with E-state index in [0.29, 0.717) is 18.3 Å². The molecule has 7 nitrogen and oxygen atoms in total. The van der Waals surface area contributed by atoms with Crippen LogP contribution in [0.5, 0.6) is 5.19 Å². The molecule has 0 bridgehead atoms. The summed E-state index contributed by atoms with van der Waals surface area (Å²) < 4.78 is 6.87. The highest BCUT2D eigenvalue weighted by molar-refractivity contribution is 7.11. The molecule has 1 fully saturated rings. The smallest absolute Gasteiger partial charge is 0.274 e. The van der Waals surface area contributed by atoms with E-state index < -0.39 is 0 Å². The Morgan fingerprint density at radius 2 is 2.33 bits per heavy atom. The number of hydrogen-bond acceptors (Lipinski definition) is 6. The van der Waals surface area contributed by atoms with E-state index in [9.17, 15) is 9.59 Å². The van der Waals surface area contributed by atoms with Gasteiger partial charge in [0.15, 0.2) is 0 Å². The molecule has 1 saturated heterocycles. The first-order chi connectivity index (χ1) is 10.1. The predicted octanol–water partition coefficient (Wildman–Crippen LogP) is 0.530. The van der Waals surface area contributed by atoms with E-state index in [0.717, 1.165) is 11.1 Å². The SMILES string of the molecule is Cn1nc(C(=O)N2CCC(Oc3nccs3)C2)ccc1=O. The fourth-order valence-corrected chi connectivity index (χ4v) is 2.75. The van der Waals surface area contributed by atoms with Crippen molar-refractivity contribution in [2.24, 2.45) is 7.05 Å². The van der Waals surface area contributed by atoms with Gasteiger partial charge in [-0.15, -0.1) is 0 Å². The van der Waals surface area contributed by atoms with Gasteiger partial charge in [-0.25, -0.2) is 9.67 Å². The number of likely N-dealkylation sites (tertiary alicyclic amines) is 1. The molecule has 21 heavy (non-hydrogen) atoms. The second kappa shape index (κ2) is 5.65. The van der Waals surface area contributed by atoms with Gasteiger partial charge in [0.25, 0.3) is 16.7 Å². The Kier molecular flexibility index (Phi) is 3.70. The van der Waals surface area contributed by atoms with Crippen molar-refractivity contribution in [3.8, 4) is 5.19 Å². The topological polar surface area (TPSA) is 77.3 Å². The lowest BCUT2D eigenvalue weighted by atomic mass is 10.3. The zero-order chi connectivity index (χ0) is 14.8. The average Bonchev–Trinajstić information content (AvgIpc) is 3.13. The third kappa shape index (κ3) is 2.94. The van der Waals surface area contributed by atoms with Crippen LogP contribution in [0.25, 0.3) is 0 Å². The molecule has 0 radical (unpaired) electrons. The van der Waals surface area contributed by atoms with Gasteiger partial charge in [0.05, 0.1) is 6.54 Å². The Balaban J connectivity index is 1.66. The maximum absolute atomic E-state index is 12.3. The highest BCUT2D eigenvalue weighted by atomic mass is 32.1. The molecular weight excluding hydrogens is 292 g/mol. The van der Waals surface area contributed by atoms with E-state index in [1.165, 1.54) is 30.5 Å². The van der Waals surface area contributed by atoms with Gasteiger partial charge in [-0.2, -0.15) is 5.10 Å². The quantitative estimate of drug-likeness (QED) is 0.826. The van der Waals surface area contributed by atoms with Crippen molar-refractivity contribution in [3.05, 3.63) is 39.8 Å².